The Hall–Kier alpha value is -0.390. The molecule has 1 unspecified atom stereocenters. The van der Waals surface area contributed by atoms with Gasteiger partial charge in [-0.1, -0.05) is 29.8 Å². The molecule has 0 aliphatic carbocycles. The first-order valence-electron chi connectivity index (χ1n) is 4.23. The van der Waals surface area contributed by atoms with E-state index >= 15 is 0 Å². The van der Waals surface area contributed by atoms with Crippen LogP contribution in [0.3, 0.4) is 0 Å². The molecule has 0 radical (unpaired) electrons. The summed E-state index contributed by atoms with van der Waals surface area (Å²) >= 11 is 0. The Kier molecular flexibility index (Phi) is 4.27. The Morgan fingerprint density at radius 3 is 2.50 bits per heavy atom. The van der Waals surface area contributed by atoms with Gasteiger partial charge in [-0.25, -0.2) is 0 Å². The molecule has 0 aromatic heterocycles. The SMILES string of the molecule is CCOPCc1ccc(C)cc1. The van der Waals surface area contributed by atoms with E-state index < -0.39 is 0 Å². The van der Waals surface area contributed by atoms with Gasteiger partial charge in [-0.05, 0) is 19.4 Å². The first-order chi connectivity index (χ1) is 5.83. The van der Waals surface area contributed by atoms with E-state index in [4.69, 9.17) is 4.52 Å². The maximum absolute atomic E-state index is 5.30. The Morgan fingerprint density at radius 2 is 1.92 bits per heavy atom. The number of hydrogen-bond donors (Lipinski definition) is 0. The Morgan fingerprint density at radius 1 is 1.25 bits per heavy atom. The molecule has 2 heteroatoms. The third kappa shape index (κ3) is 3.34. The summed E-state index contributed by atoms with van der Waals surface area (Å²) in [5.74, 6) is 0. The van der Waals surface area contributed by atoms with Crippen LogP contribution in [0.15, 0.2) is 24.3 Å². The second-order valence-electron chi connectivity index (χ2n) is 2.74. The van der Waals surface area contributed by atoms with Gasteiger partial charge >= 0.3 is 0 Å². The highest BCUT2D eigenvalue weighted by atomic mass is 31.1. The van der Waals surface area contributed by atoms with Crippen molar-refractivity contribution >= 4 is 8.81 Å². The minimum Gasteiger partial charge on any atom is -0.362 e. The van der Waals surface area contributed by atoms with E-state index in [1.165, 1.54) is 11.1 Å². The van der Waals surface area contributed by atoms with Gasteiger partial charge in [0.1, 0.15) is 0 Å². The van der Waals surface area contributed by atoms with Gasteiger partial charge in [-0.2, -0.15) is 0 Å². The van der Waals surface area contributed by atoms with E-state index in [1.807, 2.05) is 6.92 Å². The summed E-state index contributed by atoms with van der Waals surface area (Å²) in [7, 11) is 0.606. The van der Waals surface area contributed by atoms with Crippen LogP contribution in [0.1, 0.15) is 18.1 Å². The lowest BCUT2D eigenvalue weighted by Gasteiger charge is -2.01. The highest BCUT2D eigenvalue weighted by molar-refractivity contribution is 7.31. The van der Waals surface area contributed by atoms with Gasteiger partial charge in [0.25, 0.3) is 0 Å². The lowest BCUT2D eigenvalue weighted by Crippen LogP contribution is -1.81. The molecule has 1 aromatic rings. The molecule has 0 fully saturated rings. The molecule has 0 heterocycles. The van der Waals surface area contributed by atoms with Crippen LogP contribution in [-0.4, -0.2) is 6.61 Å². The molecule has 0 aliphatic heterocycles. The molecule has 0 bridgehead atoms. The third-order valence-corrected chi connectivity index (χ3v) is 2.69. The predicted molar refractivity (Wildman–Crippen MR) is 54.8 cm³/mol. The van der Waals surface area contributed by atoms with Crippen molar-refractivity contribution in [2.45, 2.75) is 20.0 Å². The van der Waals surface area contributed by atoms with Crippen LogP contribution in [0, 0.1) is 6.92 Å². The van der Waals surface area contributed by atoms with Gasteiger partial charge in [0.15, 0.2) is 0 Å². The highest BCUT2D eigenvalue weighted by Gasteiger charge is 1.91. The van der Waals surface area contributed by atoms with Crippen molar-refractivity contribution in [2.75, 3.05) is 6.61 Å². The van der Waals surface area contributed by atoms with Crippen molar-refractivity contribution in [1.82, 2.24) is 0 Å². The molecule has 1 nitrogen and oxygen atoms in total. The largest absolute Gasteiger partial charge is 0.362 e. The van der Waals surface area contributed by atoms with Gasteiger partial charge < -0.3 is 4.52 Å². The Bertz CT molecular complexity index is 218. The second kappa shape index (κ2) is 5.29. The van der Waals surface area contributed by atoms with E-state index in [0.717, 1.165) is 12.8 Å². The van der Waals surface area contributed by atoms with Gasteiger partial charge in [0.05, 0.1) is 0 Å². The smallest absolute Gasteiger partial charge is 0.0477 e. The van der Waals surface area contributed by atoms with Gasteiger partial charge in [0, 0.05) is 21.6 Å². The summed E-state index contributed by atoms with van der Waals surface area (Å²) in [5.41, 5.74) is 2.69. The zero-order valence-electron chi connectivity index (χ0n) is 7.63. The monoisotopic (exact) mass is 182 g/mol. The summed E-state index contributed by atoms with van der Waals surface area (Å²) in [4.78, 5) is 0. The first-order valence-corrected chi connectivity index (χ1v) is 5.34. The van der Waals surface area contributed by atoms with Crippen molar-refractivity contribution in [3.8, 4) is 0 Å². The maximum atomic E-state index is 5.30. The molecule has 0 spiro atoms. The Labute approximate surface area is 76.0 Å². The molecular formula is C10H15OP. The number of aryl methyl sites for hydroxylation is 1. The van der Waals surface area contributed by atoms with E-state index in [-0.39, 0.29) is 0 Å². The van der Waals surface area contributed by atoms with E-state index in [0.29, 0.717) is 8.81 Å². The summed E-state index contributed by atoms with van der Waals surface area (Å²) < 4.78 is 5.30. The third-order valence-electron chi connectivity index (χ3n) is 1.64. The molecule has 0 amide bonds. The topological polar surface area (TPSA) is 9.23 Å². The summed E-state index contributed by atoms with van der Waals surface area (Å²) in [5, 5.41) is 0. The van der Waals surface area contributed by atoms with Crippen LogP contribution in [0.25, 0.3) is 0 Å². The van der Waals surface area contributed by atoms with Crippen LogP contribution in [-0.2, 0) is 10.7 Å². The van der Waals surface area contributed by atoms with Crippen LogP contribution in [0.4, 0.5) is 0 Å². The Balaban J connectivity index is 2.37. The quantitative estimate of drug-likeness (QED) is 0.513. The number of benzene rings is 1. The fourth-order valence-electron chi connectivity index (χ4n) is 0.942. The first kappa shape index (κ1) is 9.70. The van der Waals surface area contributed by atoms with Gasteiger partial charge in [-0.15, -0.1) is 0 Å². The molecule has 0 aliphatic rings. The van der Waals surface area contributed by atoms with Crippen LogP contribution >= 0.6 is 8.81 Å². The van der Waals surface area contributed by atoms with Crippen LogP contribution in [0.2, 0.25) is 0 Å². The van der Waals surface area contributed by atoms with Crippen molar-refractivity contribution in [3.05, 3.63) is 35.4 Å². The lowest BCUT2D eigenvalue weighted by molar-refractivity contribution is 0.389. The maximum Gasteiger partial charge on any atom is 0.0477 e. The minimum atomic E-state index is 0.606. The zero-order valence-corrected chi connectivity index (χ0v) is 8.63. The fourth-order valence-corrected chi connectivity index (χ4v) is 1.65. The minimum absolute atomic E-state index is 0.606. The average Bonchev–Trinajstić information content (AvgIpc) is 2.09. The van der Waals surface area contributed by atoms with Crippen molar-refractivity contribution in [1.29, 1.82) is 0 Å². The molecule has 1 atom stereocenters. The lowest BCUT2D eigenvalue weighted by atomic mass is 10.2. The van der Waals surface area contributed by atoms with Crippen molar-refractivity contribution < 1.29 is 4.52 Å². The summed E-state index contributed by atoms with van der Waals surface area (Å²) in [6.07, 6.45) is 1.05. The van der Waals surface area contributed by atoms with E-state index in [1.54, 1.807) is 0 Å². The van der Waals surface area contributed by atoms with E-state index in [2.05, 4.69) is 31.2 Å². The zero-order chi connectivity index (χ0) is 8.81. The summed E-state index contributed by atoms with van der Waals surface area (Å²) in [6.45, 7) is 4.96. The fraction of sp³-hybridized carbons (Fsp3) is 0.400. The molecule has 0 N–H and O–H groups in total. The molecular weight excluding hydrogens is 167 g/mol. The van der Waals surface area contributed by atoms with Crippen molar-refractivity contribution in [2.24, 2.45) is 0 Å². The predicted octanol–water partition coefficient (Wildman–Crippen LogP) is 3.13. The summed E-state index contributed by atoms with van der Waals surface area (Å²) in [6, 6.07) is 8.63. The standard InChI is InChI=1S/C10H15OP/c1-3-11-12-8-10-6-4-9(2)5-7-10/h4-7,12H,3,8H2,1-2H3. The highest BCUT2D eigenvalue weighted by Crippen LogP contribution is 2.19. The molecule has 66 valence electrons. The average molecular weight is 182 g/mol. The van der Waals surface area contributed by atoms with Gasteiger partial charge in [-0.3, -0.25) is 0 Å². The molecule has 1 aromatic carbocycles. The van der Waals surface area contributed by atoms with Crippen LogP contribution < -0.4 is 0 Å². The van der Waals surface area contributed by atoms with Crippen molar-refractivity contribution in [3.63, 3.8) is 0 Å². The number of hydrogen-bond acceptors (Lipinski definition) is 1. The molecule has 1 rings (SSSR count). The van der Waals surface area contributed by atoms with E-state index in [9.17, 15) is 0 Å². The van der Waals surface area contributed by atoms with Gasteiger partial charge in [0.2, 0.25) is 0 Å². The van der Waals surface area contributed by atoms with Crippen LogP contribution in [0.5, 0.6) is 0 Å². The second-order valence-corrected chi connectivity index (χ2v) is 3.67. The molecule has 0 saturated heterocycles. The molecule has 0 saturated carbocycles. The molecule has 12 heavy (non-hydrogen) atoms. The normalized spacial score (nSPS) is 11.2. The number of rotatable bonds is 4.